The quantitative estimate of drug-likeness (QED) is 0.513. The Balaban J connectivity index is 1.81. The minimum absolute atomic E-state index is 0.0606. The molecule has 0 aliphatic heterocycles. The van der Waals surface area contributed by atoms with Gasteiger partial charge in [-0.05, 0) is 45.3 Å². The number of para-hydroxylation sites is 1. The van der Waals surface area contributed by atoms with Crippen LogP contribution in [0.2, 0.25) is 0 Å². The van der Waals surface area contributed by atoms with E-state index >= 15 is 0 Å². The van der Waals surface area contributed by atoms with Gasteiger partial charge in [-0.2, -0.15) is 0 Å². The molecule has 3 rings (SSSR count). The number of nitrogens with zero attached hydrogens (tertiary/aromatic N) is 3. The minimum Gasteiger partial charge on any atom is -0.494 e. The van der Waals surface area contributed by atoms with Crippen molar-refractivity contribution in [2.24, 2.45) is 0 Å². The molecule has 0 radical (unpaired) electrons. The average Bonchev–Trinajstić information content (AvgIpc) is 3.11. The first-order valence-electron chi connectivity index (χ1n) is 9.06. The van der Waals surface area contributed by atoms with Crippen molar-refractivity contribution in [1.29, 1.82) is 0 Å². The summed E-state index contributed by atoms with van der Waals surface area (Å²) < 4.78 is 6.44. The molecule has 0 spiro atoms. The summed E-state index contributed by atoms with van der Waals surface area (Å²) in [6.45, 7) is 3.43. The van der Waals surface area contributed by atoms with E-state index in [1.807, 2.05) is 32.3 Å². The van der Waals surface area contributed by atoms with Crippen LogP contribution < -0.4 is 9.64 Å². The van der Waals surface area contributed by atoms with E-state index in [9.17, 15) is 4.79 Å². The zero-order chi connectivity index (χ0) is 20.1. The van der Waals surface area contributed by atoms with Crippen molar-refractivity contribution in [3.8, 4) is 5.75 Å². The van der Waals surface area contributed by atoms with E-state index in [0.717, 1.165) is 32.5 Å². The van der Waals surface area contributed by atoms with Gasteiger partial charge in [-0.15, -0.1) is 11.8 Å². The van der Waals surface area contributed by atoms with Crippen LogP contribution in [0.1, 0.15) is 5.56 Å². The van der Waals surface area contributed by atoms with Gasteiger partial charge in [-0.1, -0.05) is 35.1 Å². The summed E-state index contributed by atoms with van der Waals surface area (Å²) in [6, 6.07) is 14.1. The molecule has 0 atom stereocenters. The number of carbonyl (C=O) groups excluding carboxylic acids is 1. The minimum atomic E-state index is 0.0606. The molecule has 5 nitrogen and oxygen atoms in total. The fraction of sp³-hybridized carbons (Fsp3) is 0.333. The van der Waals surface area contributed by atoms with Crippen LogP contribution in [-0.2, 0) is 4.79 Å². The van der Waals surface area contributed by atoms with E-state index in [4.69, 9.17) is 9.72 Å². The van der Waals surface area contributed by atoms with Gasteiger partial charge in [-0.3, -0.25) is 9.69 Å². The molecule has 0 N–H and O–H groups in total. The molecular weight excluding hydrogens is 390 g/mol. The molecule has 1 heterocycles. The number of fused-ring (bicyclic) bond motifs is 1. The van der Waals surface area contributed by atoms with E-state index in [1.165, 1.54) is 16.9 Å². The third kappa shape index (κ3) is 5.04. The number of aromatic nitrogens is 1. The lowest BCUT2D eigenvalue weighted by Gasteiger charge is -2.21. The number of likely N-dealkylation sites (N-methyl/N-ethyl adjacent to an activating group) is 1. The number of amides is 1. The number of benzene rings is 2. The average molecular weight is 416 g/mol. The Bertz CT molecular complexity index is 938. The van der Waals surface area contributed by atoms with Crippen LogP contribution in [0.5, 0.6) is 5.75 Å². The van der Waals surface area contributed by atoms with Gasteiger partial charge in [0.15, 0.2) is 5.13 Å². The van der Waals surface area contributed by atoms with Crippen molar-refractivity contribution in [1.82, 2.24) is 9.88 Å². The van der Waals surface area contributed by atoms with Gasteiger partial charge in [0.25, 0.3) is 0 Å². The highest BCUT2D eigenvalue weighted by Gasteiger charge is 2.21. The monoisotopic (exact) mass is 415 g/mol. The zero-order valence-electron chi connectivity index (χ0n) is 16.6. The predicted molar refractivity (Wildman–Crippen MR) is 119 cm³/mol. The van der Waals surface area contributed by atoms with Crippen molar-refractivity contribution in [3.05, 3.63) is 48.0 Å². The van der Waals surface area contributed by atoms with Gasteiger partial charge in [0.05, 0.1) is 17.6 Å². The van der Waals surface area contributed by atoms with Gasteiger partial charge in [-0.25, -0.2) is 4.98 Å². The number of anilines is 1. The molecule has 0 bridgehead atoms. The molecule has 1 aromatic heterocycles. The van der Waals surface area contributed by atoms with Gasteiger partial charge in [0.1, 0.15) is 11.3 Å². The SMILES string of the molecule is COc1cccc2sc(N(CCN(C)C)C(=O)CSc3ccc(C)cc3)nc12. The van der Waals surface area contributed by atoms with Crippen LogP contribution in [0.15, 0.2) is 47.4 Å². The first-order chi connectivity index (χ1) is 13.5. The molecule has 28 heavy (non-hydrogen) atoms. The molecule has 7 heteroatoms. The van der Waals surface area contributed by atoms with E-state index in [0.29, 0.717) is 12.3 Å². The molecule has 148 valence electrons. The third-order valence-electron chi connectivity index (χ3n) is 4.28. The summed E-state index contributed by atoms with van der Waals surface area (Å²) in [7, 11) is 5.65. The maximum atomic E-state index is 13.0. The van der Waals surface area contributed by atoms with Crippen LogP contribution in [0.4, 0.5) is 5.13 Å². The molecule has 0 saturated heterocycles. The molecule has 0 fully saturated rings. The normalized spacial score (nSPS) is 11.2. The van der Waals surface area contributed by atoms with Gasteiger partial charge >= 0.3 is 0 Å². The van der Waals surface area contributed by atoms with Gasteiger partial charge in [0, 0.05) is 18.0 Å². The summed E-state index contributed by atoms with van der Waals surface area (Å²) in [5.41, 5.74) is 2.02. The topological polar surface area (TPSA) is 45.7 Å². The molecule has 1 amide bonds. The van der Waals surface area contributed by atoms with Gasteiger partial charge < -0.3 is 9.64 Å². The summed E-state index contributed by atoms with van der Waals surface area (Å²) in [5, 5.41) is 0.718. The Hall–Kier alpha value is -2.09. The van der Waals surface area contributed by atoms with E-state index in [-0.39, 0.29) is 5.91 Å². The fourth-order valence-electron chi connectivity index (χ4n) is 2.68. The van der Waals surface area contributed by atoms with Crippen molar-refractivity contribution in [2.75, 3.05) is 44.9 Å². The third-order valence-corrected chi connectivity index (χ3v) is 6.32. The summed E-state index contributed by atoms with van der Waals surface area (Å²) in [4.78, 5) is 22.7. The second kappa shape index (κ2) is 9.41. The number of hydrogen-bond donors (Lipinski definition) is 0. The first kappa shape index (κ1) is 20.6. The fourth-order valence-corrected chi connectivity index (χ4v) is 4.48. The lowest BCUT2D eigenvalue weighted by atomic mass is 10.2. The highest BCUT2D eigenvalue weighted by molar-refractivity contribution is 8.00. The Labute approximate surface area is 174 Å². The Kier molecular flexibility index (Phi) is 6.93. The second-order valence-electron chi connectivity index (χ2n) is 6.75. The molecular formula is C21H25N3O2S2. The lowest BCUT2D eigenvalue weighted by molar-refractivity contribution is -0.116. The highest BCUT2D eigenvalue weighted by Crippen LogP contribution is 2.34. The summed E-state index contributed by atoms with van der Waals surface area (Å²) >= 11 is 3.08. The number of thiazole rings is 1. The summed E-state index contributed by atoms with van der Waals surface area (Å²) in [5.74, 6) is 1.17. The number of thioether (sulfide) groups is 1. The molecule has 0 aliphatic rings. The second-order valence-corrected chi connectivity index (χ2v) is 8.81. The van der Waals surface area contributed by atoms with Gasteiger partial charge in [0.2, 0.25) is 5.91 Å². The number of ether oxygens (including phenoxy) is 1. The smallest absolute Gasteiger partial charge is 0.239 e. The van der Waals surface area contributed by atoms with E-state index < -0.39 is 0 Å². The van der Waals surface area contributed by atoms with Crippen molar-refractivity contribution < 1.29 is 9.53 Å². The lowest BCUT2D eigenvalue weighted by Crippen LogP contribution is -2.37. The number of methoxy groups -OCH3 is 1. The van der Waals surface area contributed by atoms with Crippen molar-refractivity contribution in [3.63, 3.8) is 0 Å². The molecule has 0 saturated carbocycles. The van der Waals surface area contributed by atoms with Crippen LogP contribution in [0.25, 0.3) is 10.2 Å². The predicted octanol–water partition coefficient (Wildman–Crippen LogP) is 4.30. The summed E-state index contributed by atoms with van der Waals surface area (Å²) in [6.07, 6.45) is 0. The zero-order valence-corrected chi connectivity index (χ0v) is 18.3. The number of aryl methyl sites for hydroxylation is 1. The number of hydrogen-bond acceptors (Lipinski definition) is 6. The van der Waals surface area contributed by atoms with Crippen LogP contribution in [0.3, 0.4) is 0 Å². The highest BCUT2D eigenvalue weighted by atomic mass is 32.2. The molecule has 3 aromatic rings. The largest absolute Gasteiger partial charge is 0.494 e. The Morgan fingerprint density at radius 1 is 1.14 bits per heavy atom. The molecule has 0 aliphatic carbocycles. The molecule has 2 aromatic carbocycles. The standard InChI is InChI=1S/C21H25N3O2S2/c1-15-8-10-16(11-9-15)27-14-19(25)24(13-12-23(2)3)21-22-20-17(26-4)6-5-7-18(20)28-21/h5-11H,12-14H2,1-4H3. The Morgan fingerprint density at radius 3 is 2.57 bits per heavy atom. The van der Waals surface area contributed by atoms with Crippen LogP contribution >= 0.6 is 23.1 Å². The first-order valence-corrected chi connectivity index (χ1v) is 10.9. The maximum absolute atomic E-state index is 13.0. The Morgan fingerprint density at radius 2 is 1.89 bits per heavy atom. The number of carbonyl (C=O) groups is 1. The van der Waals surface area contributed by atoms with E-state index in [1.54, 1.807) is 23.8 Å². The molecule has 0 unspecified atom stereocenters. The van der Waals surface area contributed by atoms with Crippen molar-refractivity contribution >= 4 is 44.4 Å². The van der Waals surface area contributed by atoms with E-state index in [2.05, 4.69) is 36.1 Å². The van der Waals surface area contributed by atoms with Crippen molar-refractivity contribution in [2.45, 2.75) is 11.8 Å². The maximum Gasteiger partial charge on any atom is 0.239 e. The number of rotatable bonds is 8. The van der Waals surface area contributed by atoms with Crippen LogP contribution in [0, 0.1) is 6.92 Å². The van der Waals surface area contributed by atoms with Crippen LogP contribution in [-0.4, -0.2) is 55.8 Å².